The minimum atomic E-state index is -0.387. The Labute approximate surface area is 83.8 Å². The molecule has 0 bridgehead atoms. The summed E-state index contributed by atoms with van der Waals surface area (Å²) in [4.78, 5) is 11.0. The van der Waals surface area contributed by atoms with Gasteiger partial charge in [0.1, 0.15) is 12.9 Å². The van der Waals surface area contributed by atoms with Gasteiger partial charge in [0.05, 0.1) is 13.2 Å². The highest BCUT2D eigenvalue weighted by atomic mass is 16.7. The molecule has 0 N–H and O–H groups in total. The van der Waals surface area contributed by atoms with E-state index in [2.05, 4.69) is 6.58 Å². The molecule has 1 atom stereocenters. The second kappa shape index (κ2) is 5.78. The first-order chi connectivity index (χ1) is 6.77. The summed E-state index contributed by atoms with van der Waals surface area (Å²) < 4.78 is 15.5. The van der Waals surface area contributed by atoms with Crippen LogP contribution in [0, 0.1) is 5.92 Å². The van der Waals surface area contributed by atoms with E-state index in [1.54, 1.807) is 0 Å². The van der Waals surface area contributed by atoms with Crippen LogP contribution in [0.15, 0.2) is 12.7 Å². The lowest BCUT2D eigenvalue weighted by atomic mass is 10.0. The van der Waals surface area contributed by atoms with Crippen molar-refractivity contribution in [1.82, 2.24) is 0 Å². The van der Waals surface area contributed by atoms with Crippen LogP contribution in [0.4, 0.5) is 0 Å². The fourth-order valence-electron chi connectivity index (χ4n) is 1.43. The lowest BCUT2D eigenvalue weighted by Gasteiger charge is -2.28. The zero-order valence-electron chi connectivity index (χ0n) is 8.40. The number of carbonyl (C=O) groups is 1. The maximum absolute atomic E-state index is 11.0. The van der Waals surface area contributed by atoms with Gasteiger partial charge in [-0.15, -0.1) is 0 Å². The van der Waals surface area contributed by atoms with Crippen LogP contribution >= 0.6 is 0 Å². The summed E-state index contributed by atoms with van der Waals surface area (Å²) in [6.45, 7) is 6.83. The van der Waals surface area contributed by atoms with Gasteiger partial charge in [-0.2, -0.15) is 0 Å². The Balaban J connectivity index is 2.42. The van der Waals surface area contributed by atoms with Crippen LogP contribution in [0.5, 0.6) is 0 Å². The van der Waals surface area contributed by atoms with Crippen molar-refractivity contribution in [2.24, 2.45) is 5.92 Å². The second-order valence-corrected chi connectivity index (χ2v) is 3.21. The minimum absolute atomic E-state index is 0.137. The van der Waals surface area contributed by atoms with E-state index in [4.69, 9.17) is 14.2 Å². The van der Waals surface area contributed by atoms with Gasteiger partial charge < -0.3 is 14.2 Å². The van der Waals surface area contributed by atoms with Crippen molar-refractivity contribution in [3.63, 3.8) is 0 Å². The average Bonchev–Trinajstić information content (AvgIpc) is 2.26. The van der Waals surface area contributed by atoms with Crippen LogP contribution in [-0.4, -0.2) is 32.1 Å². The van der Waals surface area contributed by atoms with Crippen molar-refractivity contribution in [2.45, 2.75) is 19.4 Å². The van der Waals surface area contributed by atoms with E-state index in [0.29, 0.717) is 20.0 Å². The lowest BCUT2D eigenvalue weighted by molar-refractivity contribution is -0.169. The second-order valence-electron chi connectivity index (χ2n) is 3.21. The van der Waals surface area contributed by atoms with Gasteiger partial charge in [-0.05, 0) is 6.42 Å². The molecule has 0 aromatic heterocycles. The topological polar surface area (TPSA) is 44.8 Å². The van der Waals surface area contributed by atoms with Gasteiger partial charge >= 0.3 is 5.97 Å². The highest BCUT2D eigenvalue weighted by molar-refractivity contribution is 5.81. The van der Waals surface area contributed by atoms with E-state index in [1.165, 1.54) is 6.08 Å². The smallest absolute Gasteiger partial charge is 0.330 e. The van der Waals surface area contributed by atoms with Crippen molar-refractivity contribution in [3.05, 3.63) is 12.7 Å². The third-order valence-electron chi connectivity index (χ3n) is 2.19. The van der Waals surface area contributed by atoms with Crippen molar-refractivity contribution >= 4 is 5.97 Å². The van der Waals surface area contributed by atoms with E-state index in [0.717, 1.165) is 6.42 Å². The molecule has 4 nitrogen and oxygen atoms in total. The summed E-state index contributed by atoms with van der Waals surface area (Å²) in [5.41, 5.74) is 0. The molecule has 4 heteroatoms. The Morgan fingerprint density at radius 3 is 2.79 bits per heavy atom. The number of rotatable bonds is 4. The monoisotopic (exact) mass is 200 g/mol. The Bertz CT molecular complexity index is 196. The summed E-state index contributed by atoms with van der Waals surface area (Å²) in [5.74, 6) is -0.250. The van der Waals surface area contributed by atoms with Crippen LogP contribution in [0.2, 0.25) is 0 Å². The standard InChI is InChI=1S/C10H16O4/c1-3-9(14-10(11)4-2)8-5-12-7-13-6-8/h4,8-9H,2-3,5-7H2,1H3. The normalized spacial score (nSPS) is 20.1. The molecule has 0 aliphatic carbocycles. The van der Waals surface area contributed by atoms with Gasteiger partial charge in [0.25, 0.3) is 0 Å². The van der Waals surface area contributed by atoms with Gasteiger partial charge in [-0.1, -0.05) is 13.5 Å². The molecule has 1 aliphatic rings. The number of carbonyl (C=O) groups excluding carboxylic acids is 1. The molecule has 1 unspecified atom stereocenters. The van der Waals surface area contributed by atoms with Gasteiger partial charge in [0, 0.05) is 12.0 Å². The fraction of sp³-hybridized carbons (Fsp3) is 0.700. The molecule has 0 aromatic carbocycles. The highest BCUT2D eigenvalue weighted by Crippen LogP contribution is 2.16. The SMILES string of the molecule is C=CC(=O)OC(CC)C1COCOC1. The summed E-state index contributed by atoms with van der Waals surface area (Å²) >= 11 is 0. The quantitative estimate of drug-likeness (QED) is 0.504. The molecule has 1 saturated heterocycles. The van der Waals surface area contributed by atoms with Gasteiger partial charge in [-0.25, -0.2) is 4.79 Å². The first-order valence-electron chi connectivity index (χ1n) is 4.76. The predicted octanol–water partition coefficient (Wildman–Crippen LogP) is 1.11. The summed E-state index contributed by atoms with van der Waals surface area (Å²) in [7, 11) is 0. The third kappa shape index (κ3) is 3.12. The number of hydrogen-bond acceptors (Lipinski definition) is 4. The molecular weight excluding hydrogens is 184 g/mol. The van der Waals surface area contributed by atoms with Gasteiger partial charge in [0.15, 0.2) is 0 Å². The zero-order valence-corrected chi connectivity index (χ0v) is 8.40. The molecular formula is C10H16O4. The molecule has 0 aromatic rings. The number of esters is 1. The molecule has 0 amide bonds. The largest absolute Gasteiger partial charge is 0.459 e. The third-order valence-corrected chi connectivity index (χ3v) is 2.19. The molecule has 14 heavy (non-hydrogen) atoms. The Kier molecular flexibility index (Phi) is 4.62. The van der Waals surface area contributed by atoms with E-state index in [1.807, 2.05) is 6.92 Å². The Morgan fingerprint density at radius 1 is 1.64 bits per heavy atom. The zero-order chi connectivity index (χ0) is 10.4. The number of hydrogen-bond donors (Lipinski definition) is 0. The molecule has 1 fully saturated rings. The molecule has 0 spiro atoms. The molecule has 0 saturated carbocycles. The maximum Gasteiger partial charge on any atom is 0.330 e. The maximum atomic E-state index is 11.0. The molecule has 1 heterocycles. The minimum Gasteiger partial charge on any atom is -0.459 e. The fourth-order valence-corrected chi connectivity index (χ4v) is 1.43. The molecule has 0 radical (unpaired) electrons. The van der Waals surface area contributed by atoms with Crippen LogP contribution < -0.4 is 0 Å². The highest BCUT2D eigenvalue weighted by Gasteiger charge is 2.25. The first kappa shape index (κ1) is 11.2. The van der Waals surface area contributed by atoms with Crippen molar-refractivity contribution < 1.29 is 19.0 Å². The van der Waals surface area contributed by atoms with Crippen LogP contribution in [0.3, 0.4) is 0 Å². The first-order valence-corrected chi connectivity index (χ1v) is 4.76. The average molecular weight is 200 g/mol. The number of ether oxygens (including phenoxy) is 3. The van der Waals surface area contributed by atoms with Gasteiger partial charge in [-0.3, -0.25) is 0 Å². The summed E-state index contributed by atoms with van der Waals surface area (Å²) in [5, 5.41) is 0. The van der Waals surface area contributed by atoms with Crippen LogP contribution in [-0.2, 0) is 19.0 Å². The van der Waals surface area contributed by atoms with E-state index in [-0.39, 0.29) is 18.0 Å². The van der Waals surface area contributed by atoms with E-state index < -0.39 is 0 Å². The Morgan fingerprint density at radius 2 is 2.29 bits per heavy atom. The summed E-state index contributed by atoms with van der Waals surface area (Å²) in [6, 6.07) is 0. The van der Waals surface area contributed by atoms with E-state index in [9.17, 15) is 4.79 Å². The van der Waals surface area contributed by atoms with Crippen LogP contribution in [0.25, 0.3) is 0 Å². The van der Waals surface area contributed by atoms with Crippen molar-refractivity contribution in [2.75, 3.05) is 20.0 Å². The van der Waals surface area contributed by atoms with Crippen molar-refractivity contribution in [3.8, 4) is 0 Å². The molecule has 80 valence electrons. The molecule has 1 rings (SSSR count). The van der Waals surface area contributed by atoms with Gasteiger partial charge in [0.2, 0.25) is 0 Å². The summed E-state index contributed by atoms with van der Waals surface area (Å²) in [6.07, 6.45) is 1.80. The predicted molar refractivity (Wildman–Crippen MR) is 50.6 cm³/mol. The van der Waals surface area contributed by atoms with Crippen LogP contribution in [0.1, 0.15) is 13.3 Å². The molecule has 1 aliphatic heterocycles. The lowest BCUT2D eigenvalue weighted by Crippen LogP contribution is -2.36. The van der Waals surface area contributed by atoms with E-state index >= 15 is 0 Å². The Hall–Kier alpha value is -0.870. The van der Waals surface area contributed by atoms with Crippen molar-refractivity contribution in [1.29, 1.82) is 0 Å².